The van der Waals surface area contributed by atoms with Gasteiger partial charge < -0.3 is 15.1 Å². The van der Waals surface area contributed by atoms with Crippen molar-refractivity contribution in [3.63, 3.8) is 0 Å². The number of hydrogen-bond acceptors (Lipinski definition) is 3. The second-order valence-electron chi connectivity index (χ2n) is 7.79. The van der Waals surface area contributed by atoms with E-state index >= 15 is 0 Å². The van der Waals surface area contributed by atoms with Crippen LogP contribution in [0.2, 0.25) is 0 Å². The predicted octanol–water partition coefficient (Wildman–Crippen LogP) is 3.39. The number of anilines is 1. The molecule has 0 saturated carbocycles. The summed E-state index contributed by atoms with van der Waals surface area (Å²) in [5.74, 6) is -0.972. The molecule has 1 saturated heterocycles. The van der Waals surface area contributed by atoms with Crippen molar-refractivity contribution >= 4 is 17.5 Å². The standard InChI is InChI=1S/C24H31N3O2/c1-5-20-9-11-21(12-10-20)19(4)25-23(28)24(29)27-15-13-26(14-16-27)22-8-6-7-17(2)18(22)3/h6-12,19H,5,13-16H2,1-4H3,(H,25,28). The van der Waals surface area contributed by atoms with Crippen LogP contribution >= 0.6 is 0 Å². The van der Waals surface area contributed by atoms with Crippen molar-refractivity contribution in [1.82, 2.24) is 10.2 Å². The molecule has 1 N–H and O–H groups in total. The second-order valence-corrected chi connectivity index (χ2v) is 7.79. The molecule has 0 bridgehead atoms. The molecule has 1 unspecified atom stereocenters. The molecule has 29 heavy (non-hydrogen) atoms. The van der Waals surface area contributed by atoms with Crippen LogP contribution in [0.25, 0.3) is 0 Å². The fourth-order valence-corrected chi connectivity index (χ4v) is 3.76. The zero-order chi connectivity index (χ0) is 21.0. The average Bonchev–Trinajstić information content (AvgIpc) is 2.75. The smallest absolute Gasteiger partial charge is 0.312 e. The summed E-state index contributed by atoms with van der Waals surface area (Å²) in [5.41, 5.74) is 6.01. The van der Waals surface area contributed by atoms with E-state index in [1.807, 2.05) is 19.1 Å². The molecule has 154 valence electrons. The van der Waals surface area contributed by atoms with Crippen LogP contribution in [0.1, 0.15) is 42.1 Å². The molecule has 2 amide bonds. The van der Waals surface area contributed by atoms with Gasteiger partial charge in [0.05, 0.1) is 6.04 Å². The van der Waals surface area contributed by atoms with Crippen molar-refractivity contribution in [2.24, 2.45) is 0 Å². The molecule has 0 aromatic heterocycles. The Morgan fingerprint density at radius 2 is 1.66 bits per heavy atom. The zero-order valence-electron chi connectivity index (χ0n) is 17.9. The summed E-state index contributed by atoms with van der Waals surface area (Å²) in [5, 5.41) is 2.85. The molecule has 1 aliphatic heterocycles. The maximum absolute atomic E-state index is 12.6. The summed E-state index contributed by atoms with van der Waals surface area (Å²) in [6.45, 7) is 10.8. The Labute approximate surface area is 173 Å². The highest BCUT2D eigenvalue weighted by atomic mass is 16.2. The fourth-order valence-electron chi connectivity index (χ4n) is 3.76. The molecular weight excluding hydrogens is 362 g/mol. The molecule has 0 radical (unpaired) electrons. The first-order valence-electron chi connectivity index (χ1n) is 10.4. The van der Waals surface area contributed by atoms with E-state index in [-0.39, 0.29) is 6.04 Å². The van der Waals surface area contributed by atoms with E-state index < -0.39 is 11.8 Å². The second kappa shape index (κ2) is 9.12. The lowest BCUT2D eigenvalue weighted by Gasteiger charge is -2.36. The summed E-state index contributed by atoms with van der Waals surface area (Å²) < 4.78 is 0. The number of aryl methyl sites for hydroxylation is 2. The number of carbonyl (C=O) groups is 2. The molecule has 1 aliphatic rings. The Balaban J connectivity index is 1.55. The van der Waals surface area contributed by atoms with Gasteiger partial charge >= 0.3 is 11.8 Å². The van der Waals surface area contributed by atoms with Crippen molar-refractivity contribution in [2.45, 2.75) is 40.2 Å². The molecule has 2 aromatic carbocycles. The highest BCUT2D eigenvalue weighted by molar-refractivity contribution is 6.35. The van der Waals surface area contributed by atoms with Gasteiger partial charge in [-0.1, -0.05) is 43.3 Å². The minimum atomic E-state index is -0.530. The van der Waals surface area contributed by atoms with Crippen LogP contribution in [0.3, 0.4) is 0 Å². The van der Waals surface area contributed by atoms with E-state index in [1.54, 1.807) is 4.90 Å². The Morgan fingerprint density at radius 3 is 2.28 bits per heavy atom. The lowest BCUT2D eigenvalue weighted by atomic mass is 10.0. The predicted molar refractivity (Wildman–Crippen MR) is 117 cm³/mol. The van der Waals surface area contributed by atoms with Gasteiger partial charge in [-0.3, -0.25) is 9.59 Å². The first-order chi connectivity index (χ1) is 13.9. The number of nitrogens with one attached hydrogen (secondary N) is 1. The number of carbonyl (C=O) groups excluding carboxylic acids is 2. The van der Waals surface area contributed by atoms with E-state index in [2.05, 4.69) is 61.3 Å². The Kier molecular flexibility index (Phi) is 6.57. The van der Waals surface area contributed by atoms with Gasteiger partial charge in [0.15, 0.2) is 0 Å². The minimum Gasteiger partial charge on any atom is -0.368 e. The topological polar surface area (TPSA) is 52.7 Å². The van der Waals surface area contributed by atoms with Crippen LogP contribution in [-0.2, 0) is 16.0 Å². The number of nitrogens with zero attached hydrogens (tertiary/aromatic N) is 2. The van der Waals surface area contributed by atoms with E-state index in [9.17, 15) is 9.59 Å². The number of benzene rings is 2. The van der Waals surface area contributed by atoms with Gasteiger partial charge in [0.25, 0.3) is 0 Å². The van der Waals surface area contributed by atoms with Gasteiger partial charge in [-0.2, -0.15) is 0 Å². The molecule has 0 aliphatic carbocycles. The molecule has 3 rings (SSSR count). The third-order valence-corrected chi connectivity index (χ3v) is 5.91. The van der Waals surface area contributed by atoms with Crippen molar-refractivity contribution in [3.05, 3.63) is 64.7 Å². The van der Waals surface area contributed by atoms with Crippen LogP contribution in [0.5, 0.6) is 0 Å². The molecule has 5 heteroatoms. The van der Waals surface area contributed by atoms with E-state index in [0.717, 1.165) is 25.1 Å². The number of piperazine rings is 1. The summed E-state index contributed by atoms with van der Waals surface area (Å²) in [7, 11) is 0. The van der Waals surface area contributed by atoms with Crippen LogP contribution in [0.4, 0.5) is 5.69 Å². The van der Waals surface area contributed by atoms with E-state index in [1.165, 1.54) is 22.4 Å². The quantitative estimate of drug-likeness (QED) is 0.810. The summed E-state index contributed by atoms with van der Waals surface area (Å²) >= 11 is 0. The van der Waals surface area contributed by atoms with Gasteiger partial charge in [0, 0.05) is 31.9 Å². The molecule has 2 aromatic rings. The van der Waals surface area contributed by atoms with Gasteiger partial charge in [-0.25, -0.2) is 0 Å². The monoisotopic (exact) mass is 393 g/mol. The lowest BCUT2D eigenvalue weighted by Crippen LogP contribution is -2.53. The number of hydrogen-bond donors (Lipinski definition) is 1. The number of rotatable bonds is 4. The molecule has 5 nitrogen and oxygen atoms in total. The van der Waals surface area contributed by atoms with Gasteiger partial charge in [-0.15, -0.1) is 0 Å². The third-order valence-electron chi connectivity index (χ3n) is 5.91. The highest BCUT2D eigenvalue weighted by Gasteiger charge is 2.27. The van der Waals surface area contributed by atoms with Gasteiger partial charge in [0.2, 0.25) is 0 Å². The van der Waals surface area contributed by atoms with E-state index in [0.29, 0.717) is 13.1 Å². The van der Waals surface area contributed by atoms with E-state index in [4.69, 9.17) is 0 Å². The first kappa shape index (κ1) is 20.9. The van der Waals surface area contributed by atoms with Crippen molar-refractivity contribution in [2.75, 3.05) is 31.1 Å². The molecule has 1 atom stereocenters. The average molecular weight is 394 g/mol. The maximum Gasteiger partial charge on any atom is 0.312 e. The molecule has 1 heterocycles. The van der Waals surface area contributed by atoms with Gasteiger partial charge in [0.1, 0.15) is 0 Å². The summed E-state index contributed by atoms with van der Waals surface area (Å²) in [6.07, 6.45) is 0.980. The Hall–Kier alpha value is -2.82. The normalized spacial score (nSPS) is 15.2. The van der Waals surface area contributed by atoms with Crippen LogP contribution in [0, 0.1) is 13.8 Å². The van der Waals surface area contributed by atoms with Crippen molar-refractivity contribution in [3.8, 4) is 0 Å². The third kappa shape index (κ3) is 4.78. The molecular formula is C24H31N3O2. The lowest BCUT2D eigenvalue weighted by molar-refractivity contribution is -0.146. The van der Waals surface area contributed by atoms with Crippen LogP contribution in [-0.4, -0.2) is 42.9 Å². The van der Waals surface area contributed by atoms with Crippen molar-refractivity contribution < 1.29 is 9.59 Å². The van der Waals surface area contributed by atoms with Gasteiger partial charge in [-0.05, 0) is 55.5 Å². The largest absolute Gasteiger partial charge is 0.368 e. The SMILES string of the molecule is CCc1ccc(C(C)NC(=O)C(=O)N2CCN(c3cccc(C)c3C)CC2)cc1. The molecule has 1 fully saturated rings. The fraction of sp³-hybridized carbons (Fsp3) is 0.417. The van der Waals surface area contributed by atoms with Crippen LogP contribution in [0.15, 0.2) is 42.5 Å². The Morgan fingerprint density at radius 1 is 1.00 bits per heavy atom. The zero-order valence-corrected chi connectivity index (χ0v) is 17.9. The minimum absolute atomic E-state index is 0.200. The maximum atomic E-state index is 12.6. The first-order valence-corrected chi connectivity index (χ1v) is 10.4. The summed E-state index contributed by atoms with van der Waals surface area (Å²) in [4.78, 5) is 29.1. The number of amides is 2. The Bertz CT molecular complexity index is 868. The van der Waals surface area contributed by atoms with Crippen LogP contribution < -0.4 is 10.2 Å². The highest BCUT2D eigenvalue weighted by Crippen LogP contribution is 2.24. The van der Waals surface area contributed by atoms with Crippen molar-refractivity contribution in [1.29, 1.82) is 0 Å². The molecule has 0 spiro atoms. The summed E-state index contributed by atoms with van der Waals surface area (Å²) in [6, 6.07) is 14.2.